The van der Waals surface area contributed by atoms with Crippen molar-refractivity contribution in [1.29, 1.82) is 0 Å². The molecule has 7 heteroatoms. The summed E-state index contributed by atoms with van der Waals surface area (Å²) in [6.45, 7) is 3.54. The number of rotatable bonds is 6. The highest BCUT2D eigenvalue weighted by molar-refractivity contribution is 7.92. The van der Waals surface area contributed by atoms with E-state index in [0.717, 1.165) is 27.3 Å². The predicted octanol–water partition coefficient (Wildman–Crippen LogP) is 2.52. The summed E-state index contributed by atoms with van der Waals surface area (Å²) in [5.74, 6) is -0.788. The maximum absolute atomic E-state index is 12.9. The summed E-state index contributed by atoms with van der Waals surface area (Å²) in [5.41, 5.74) is 2.88. The van der Waals surface area contributed by atoms with Crippen LogP contribution >= 0.6 is 0 Å². The second-order valence-electron chi connectivity index (χ2n) is 5.96. The van der Waals surface area contributed by atoms with Crippen LogP contribution in [0.15, 0.2) is 42.5 Å². The molecular weight excluding hydrogens is 343 g/mol. The molecule has 0 bridgehead atoms. The molecule has 0 heterocycles. The number of hydrogen-bond donors (Lipinski definition) is 1. The standard InChI is InChI=1S/C18H21FN2O3S/c1-13-4-5-14(2)17(10-13)21(25(3,23)24)12-18(22)20-11-15-6-8-16(19)9-7-15/h4-10H,11-12H2,1-3H3,(H,20,22). The van der Waals surface area contributed by atoms with E-state index >= 15 is 0 Å². The molecule has 25 heavy (non-hydrogen) atoms. The minimum atomic E-state index is -3.62. The Morgan fingerprint density at radius 2 is 1.76 bits per heavy atom. The van der Waals surface area contributed by atoms with E-state index in [1.165, 1.54) is 12.1 Å². The van der Waals surface area contributed by atoms with Crippen molar-refractivity contribution in [1.82, 2.24) is 5.32 Å². The molecular formula is C18H21FN2O3S. The van der Waals surface area contributed by atoms with Crippen molar-refractivity contribution in [2.75, 3.05) is 17.1 Å². The molecule has 0 spiro atoms. The maximum atomic E-state index is 12.9. The van der Waals surface area contributed by atoms with Crippen LogP contribution in [0.5, 0.6) is 0 Å². The zero-order chi connectivity index (χ0) is 18.6. The van der Waals surface area contributed by atoms with Gasteiger partial charge in [-0.15, -0.1) is 0 Å². The molecule has 5 nitrogen and oxygen atoms in total. The fourth-order valence-corrected chi connectivity index (χ4v) is 3.26. The van der Waals surface area contributed by atoms with Gasteiger partial charge in [0.15, 0.2) is 0 Å². The summed E-state index contributed by atoms with van der Waals surface area (Å²) in [7, 11) is -3.62. The van der Waals surface area contributed by atoms with Crippen molar-refractivity contribution in [3.63, 3.8) is 0 Å². The van der Waals surface area contributed by atoms with Crippen LogP contribution in [0, 0.1) is 19.7 Å². The molecule has 2 aromatic rings. The second-order valence-corrected chi connectivity index (χ2v) is 7.87. The molecule has 1 N–H and O–H groups in total. The Bertz CT molecular complexity index is 864. The minimum absolute atomic E-state index is 0.198. The van der Waals surface area contributed by atoms with Gasteiger partial charge in [0.1, 0.15) is 12.4 Å². The summed E-state index contributed by atoms with van der Waals surface area (Å²) >= 11 is 0. The molecule has 0 radical (unpaired) electrons. The highest BCUT2D eigenvalue weighted by Gasteiger charge is 2.22. The van der Waals surface area contributed by atoms with Gasteiger partial charge < -0.3 is 5.32 Å². The molecule has 0 aliphatic rings. The van der Waals surface area contributed by atoms with Crippen LogP contribution in [0.1, 0.15) is 16.7 Å². The van der Waals surface area contributed by atoms with E-state index in [0.29, 0.717) is 5.69 Å². The van der Waals surface area contributed by atoms with E-state index in [9.17, 15) is 17.6 Å². The Labute approximate surface area is 147 Å². The molecule has 2 aromatic carbocycles. The van der Waals surface area contributed by atoms with Gasteiger partial charge in [-0.2, -0.15) is 0 Å². The predicted molar refractivity (Wildman–Crippen MR) is 96.4 cm³/mol. The van der Waals surface area contributed by atoms with Gasteiger partial charge in [-0.1, -0.05) is 24.3 Å². The van der Waals surface area contributed by atoms with E-state index in [4.69, 9.17) is 0 Å². The summed E-state index contributed by atoms with van der Waals surface area (Å²) in [4.78, 5) is 12.2. The molecule has 2 rings (SSSR count). The van der Waals surface area contributed by atoms with Gasteiger partial charge in [0.05, 0.1) is 11.9 Å². The Kier molecular flexibility index (Phi) is 5.79. The lowest BCUT2D eigenvalue weighted by Gasteiger charge is -2.24. The molecule has 134 valence electrons. The van der Waals surface area contributed by atoms with E-state index in [-0.39, 0.29) is 18.9 Å². The minimum Gasteiger partial charge on any atom is -0.350 e. The fraction of sp³-hybridized carbons (Fsp3) is 0.278. The molecule has 0 aromatic heterocycles. The Hall–Kier alpha value is -2.41. The molecule has 0 saturated carbocycles. The number of benzene rings is 2. The number of aryl methyl sites for hydroxylation is 2. The molecule has 0 atom stereocenters. The van der Waals surface area contributed by atoms with Crippen LogP contribution in [-0.2, 0) is 21.4 Å². The fourth-order valence-electron chi connectivity index (χ4n) is 2.36. The number of carbonyl (C=O) groups excluding carboxylic acids is 1. The van der Waals surface area contributed by atoms with Crippen molar-refractivity contribution in [2.45, 2.75) is 20.4 Å². The topological polar surface area (TPSA) is 66.5 Å². The first-order chi connectivity index (χ1) is 11.7. The van der Waals surface area contributed by atoms with Crippen molar-refractivity contribution in [3.8, 4) is 0 Å². The lowest BCUT2D eigenvalue weighted by Crippen LogP contribution is -2.40. The Morgan fingerprint density at radius 3 is 2.36 bits per heavy atom. The molecule has 0 aliphatic carbocycles. The van der Waals surface area contributed by atoms with Gasteiger partial charge >= 0.3 is 0 Å². The highest BCUT2D eigenvalue weighted by atomic mass is 32.2. The summed E-state index contributed by atoms with van der Waals surface area (Å²) < 4.78 is 38.3. The molecule has 0 saturated heterocycles. The van der Waals surface area contributed by atoms with E-state index < -0.39 is 15.9 Å². The van der Waals surface area contributed by atoms with Crippen LogP contribution in [0.25, 0.3) is 0 Å². The monoisotopic (exact) mass is 364 g/mol. The van der Waals surface area contributed by atoms with Crippen molar-refractivity contribution < 1.29 is 17.6 Å². The van der Waals surface area contributed by atoms with Crippen molar-refractivity contribution in [2.24, 2.45) is 0 Å². The van der Waals surface area contributed by atoms with Gasteiger partial charge in [0.25, 0.3) is 0 Å². The highest BCUT2D eigenvalue weighted by Crippen LogP contribution is 2.23. The van der Waals surface area contributed by atoms with E-state index in [2.05, 4.69) is 5.32 Å². The van der Waals surface area contributed by atoms with Crippen LogP contribution in [0.2, 0.25) is 0 Å². The first-order valence-corrected chi connectivity index (χ1v) is 9.58. The average molecular weight is 364 g/mol. The third kappa shape index (κ3) is 5.29. The number of nitrogens with zero attached hydrogens (tertiary/aromatic N) is 1. The van der Waals surface area contributed by atoms with Crippen LogP contribution in [-0.4, -0.2) is 27.1 Å². The number of sulfonamides is 1. The normalized spacial score (nSPS) is 11.2. The van der Waals surface area contributed by atoms with Gasteiger partial charge in [0, 0.05) is 6.54 Å². The number of carbonyl (C=O) groups is 1. The molecule has 1 amide bonds. The SMILES string of the molecule is Cc1ccc(C)c(N(CC(=O)NCc2ccc(F)cc2)S(C)(=O)=O)c1. The first-order valence-electron chi connectivity index (χ1n) is 7.73. The first kappa shape index (κ1) is 18.9. The number of nitrogens with one attached hydrogen (secondary N) is 1. The van der Waals surface area contributed by atoms with E-state index in [1.54, 1.807) is 25.1 Å². The van der Waals surface area contributed by atoms with Crippen molar-refractivity contribution >= 4 is 21.6 Å². The molecule has 0 fully saturated rings. The number of anilines is 1. The lowest BCUT2D eigenvalue weighted by molar-refractivity contribution is -0.119. The number of amides is 1. The summed E-state index contributed by atoms with van der Waals surface area (Å²) in [6, 6.07) is 11.2. The van der Waals surface area contributed by atoms with Crippen molar-refractivity contribution in [3.05, 3.63) is 65.0 Å². The van der Waals surface area contributed by atoms with Crippen LogP contribution in [0.3, 0.4) is 0 Å². The Balaban J connectivity index is 2.13. The quantitative estimate of drug-likeness (QED) is 0.857. The zero-order valence-electron chi connectivity index (χ0n) is 14.4. The second kappa shape index (κ2) is 7.65. The summed E-state index contributed by atoms with van der Waals surface area (Å²) in [5, 5.41) is 2.66. The van der Waals surface area contributed by atoms with Gasteiger partial charge in [-0.25, -0.2) is 12.8 Å². The lowest BCUT2D eigenvalue weighted by atomic mass is 10.1. The van der Waals surface area contributed by atoms with Gasteiger partial charge in [-0.05, 0) is 48.7 Å². The smallest absolute Gasteiger partial charge is 0.241 e. The van der Waals surface area contributed by atoms with Crippen LogP contribution < -0.4 is 9.62 Å². The van der Waals surface area contributed by atoms with Gasteiger partial charge in [-0.3, -0.25) is 9.10 Å². The molecule has 0 aliphatic heterocycles. The maximum Gasteiger partial charge on any atom is 0.241 e. The number of halogens is 1. The molecule has 0 unspecified atom stereocenters. The van der Waals surface area contributed by atoms with Crippen LogP contribution in [0.4, 0.5) is 10.1 Å². The average Bonchev–Trinajstić information content (AvgIpc) is 2.53. The zero-order valence-corrected chi connectivity index (χ0v) is 15.2. The third-order valence-corrected chi connectivity index (χ3v) is 4.85. The van der Waals surface area contributed by atoms with E-state index in [1.807, 2.05) is 19.1 Å². The number of hydrogen-bond acceptors (Lipinski definition) is 3. The summed E-state index contributed by atoms with van der Waals surface area (Å²) in [6.07, 6.45) is 1.07. The Morgan fingerprint density at radius 1 is 1.12 bits per heavy atom. The largest absolute Gasteiger partial charge is 0.350 e. The third-order valence-electron chi connectivity index (χ3n) is 3.72. The van der Waals surface area contributed by atoms with Gasteiger partial charge in [0.2, 0.25) is 15.9 Å².